The molecule has 29 heavy (non-hydrogen) atoms. The molecule has 7 nitrogen and oxygen atoms in total. The van der Waals surface area contributed by atoms with E-state index in [0.717, 1.165) is 55.0 Å². The van der Waals surface area contributed by atoms with E-state index in [9.17, 15) is 0 Å². The third-order valence-electron chi connectivity index (χ3n) is 4.79. The molecule has 1 N–H and O–H groups in total. The summed E-state index contributed by atoms with van der Waals surface area (Å²) in [5.41, 5.74) is 2.27. The molecule has 1 saturated heterocycles. The lowest BCUT2D eigenvalue weighted by Crippen LogP contribution is -2.40. The van der Waals surface area contributed by atoms with Gasteiger partial charge in [-0.25, -0.2) is 4.98 Å². The van der Waals surface area contributed by atoms with Crippen LogP contribution in [0.3, 0.4) is 0 Å². The number of nitrogens with zero attached hydrogens (tertiary/aromatic N) is 4. The number of hydrogen-bond donors (Lipinski definition) is 1. The number of rotatable bonds is 6. The summed E-state index contributed by atoms with van der Waals surface area (Å²) in [5, 5.41) is 3.46. The number of methoxy groups -OCH3 is 1. The fourth-order valence-corrected chi connectivity index (χ4v) is 3.35. The molecular weight excluding hydrogens is 481 g/mol. The van der Waals surface area contributed by atoms with Gasteiger partial charge >= 0.3 is 0 Å². The minimum Gasteiger partial charge on any atom is -0.496 e. The summed E-state index contributed by atoms with van der Waals surface area (Å²) >= 11 is 0. The number of ether oxygens (including phenoxy) is 2. The number of halogens is 1. The maximum atomic E-state index is 5.46. The molecule has 0 amide bonds. The lowest BCUT2D eigenvalue weighted by Gasteiger charge is -2.30. The number of nitrogens with one attached hydrogen (secondary N) is 1. The number of benzene rings is 1. The van der Waals surface area contributed by atoms with Gasteiger partial charge in [0, 0.05) is 57.6 Å². The van der Waals surface area contributed by atoms with Crippen LogP contribution in [0.15, 0.2) is 47.6 Å². The van der Waals surface area contributed by atoms with Crippen LogP contribution in [0.25, 0.3) is 0 Å². The number of aromatic nitrogens is 1. The Kier molecular flexibility index (Phi) is 9.46. The smallest absolute Gasteiger partial charge is 0.193 e. The summed E-state index contributed by atoms with van der Waals surface area (Å²) in [6.07, 6.45) is 1.84. The second-order valence-corrected chi connectivity index (χ2v) is 6.65. The first-order valence-corrected chi connectivity index (χ1v) is 9.53. The Balaban J connectivity index is 0.00000300. The molecule has 0 spiro atoms. The molecule has 1 fully saturated rings. The van der Waals surface area contributed by atoms with Gasteiger partial charge in [-0.3, -0.25) is 4.99 Å². The number of aliphatic imine (C=N–C) groups is 1. The highest BCUT2D eigenvalue weighted by atomic mass is 127. The van der Waals surface area contributed by atoms with Crippen LogP contribution in [-0.2, 0) is 17.8 Å². The van der Waals surface area contributed by atoms with Gasteiger partial charge in [0.2, 0.25) is 0 Å². The van der Waals surface area contributed by atoms with Gasteiger partial charge in [0.05, 0.1) is 20.3 Å². The molecule has 8 heteroatoms. The highest BCUT2D eigenvalue weighted by Crippen LogP contribution is 2.20. The van der Waals surface area contributed by atoms with Crippen molar-refractivity contribution < 1.29 is 9.47 Å². The van der Waals surface area contributed by atoms with Crippen LogP contribution in [0.1, 0.15) is 11.1 Å². The molecule has 2 heterocycles. The van der Waals surface area contributed by atoms with Gasteiger partial charge in [-0.2, -0.15) is 0 Å². The number of hydrogen-bond acceptors (Lipinski definition) is 5. The van der Waals surface area contributed by atoms with E-state index in [-0.39, 0.29) is 24.0 Å². The number of pyridine rings is 1. The van der Waals surface area contributed by atoms with E-state index in [2.05, 4.69) is 37.2 Å². The van der Waals surface area contributed by atoms with Crippen molar-refractivity contribution >= 4 is 35.8 Å². The average Bonchev–Trinajstić information content (AvgIpc) is 2.75. The molecule has 0 bridgehead atoms. The summed E-state index contributed by atoms with van der Waals surface area (Å²) in [6.45, 7) is 4.58. The molecule has 0 aliphatic carbocycles. The maximum Gasteiger partial charge on any atom is 0.193 e. The van der Waals surface area contributed by atoms with Gasteiger partial charge in [0.15, 0.2) is 5.96 Å². The van der Waals surface area contributed by atoms with Crippen LogP contribution < -0.4 is 15.0 Å². The van der Waals surface area contributed by atoms with Crippen LogP contribution in [0.2, 0.25) is 0 Å². The highest BCUT2D eigenvalue weighted by Gasteiger charge is 2.16. The lowest BCUT2D eigenvalue weighted by atomic mass is 10.2. The van der Waals surface area contributed by atoms with Crippen molar-refractivity contribution in [3.63, 3.8) is 0 Å². The zero-order valence-corrected chi connectivity index (χ0v) is 19.6. The topological polar surface area (TPSA) is 62.2 Å². The Morgan fingerprint density at radius 2 is 1.93 bits per heavy atom. The van der Waals surface area contributed by atoms with Crippen LogP contribution in [-0.4, -0.2) is 63.4 Å². The SMILES string of the molecule is CN=C(NCc1cccnc1N1CCOCC1)N(C)Cc1ccccc1OC.I. The zero-order chi connectivity index (χ0) is 19.8. The molecule has 1 aromatic carbocycles. The molecule has 0 unspecified atom stereocenters. The van der Waals surface area contributed by atoms with Gasteiger partial charge in [-0.1, -0.05) is 24.3 Å². The summed E-state index contributed by atoms with van der Waals surface area (Å²) in [4.78, 5) is 13.4. The van der Waals surface area contributed by atoms with Crippen LogP contribution in [0.4, 0.5) is 5.82 Å². The first kappa shape index (κ1) is 23.2. The number of morpholine rings is 1. The van der Waals surface area contributed by atoms with Crippen molar-refractivity contribution in [2.75, 3.05) is 52.4 Å². The normalized spacial score (nSPS) is 14.2. The van der Waals surface area contributed by atoms with Crippen molar-refractivity contribution in [1.82, 2.24) is 15.2 Å². The Bertz CT molecular complexity index is 796. The van der Waals surface area contributed by atoms with E-state index in [1.807, 2.05) is 37.5 Å². The van der Waals surface area contributed by atoms with E-state index in [0.29, 0.717) is 13.1 Å². The molecule has 0 saturated carbocycles. The van der Waals surface area contributed by atoms with Gasteiger partial charge in [-0.15, -0.1) is 24.0 Å². The minimum atomic E-state index is 0. The van der Waals surface area contributed by atoms with Crippen molar-refractivity contribution in [3.05, 3.63) is 53.7 Å². The average molecular weight is 511 g/mol. The third-order valence-corrected chi connectivity index (χ3v) is 4.79. The Labute approximate surface area is 190 Å². The van der Waals surface area contributed by atoms with Crippen LogP contribution in [0.5, 0.6) is 5.75 Å². The first-order valence-electron chi connectivity index (χ1n) is 9.53. The molecular formula is C21H30IN5O2. The quantitative estimate of drug-likeness (QED) is 0.366. The summed E-state index contributed by atoms with van der Waals surface area (Å²) in [7, 11) is 5.52. The zero-order valence-electron chi connectivity index (χ0n) is 17.3. The van der Waals surface area contributed by atoms with Crippen molar-refractivity contribution in [2.45, 2.75) is 13.1 Å². The van der Waals surface area contributed by atoms with Crippen molar-refractivity contribution in [2.24, 2.45) is 4.99 Å². The van der Waals surface area contributed by atoms with Gasteiger partial charge < -0.3 is 24.6 Å². The number of anilines is 1. The van der Waals surface area contributed by atoms with Crippen molar-refractivity contribution in [1.29, 1.82) is 0 Å². The molecule has 1 aliphatic rings. The Morgan fingerprint density at radius 1 is 1.21 bits per heavy atom. The number of guanidine groups is 1. The lowest BCUT2D eigenvalue weighted by molar-refractivity contribution is 0.122. The van der Waals surface area contributed by atoms with Crippen molar-refractivity contribution in [3.8, 4) is 5.75 Å². The Hall–Kier alpha value is -2.07. The molecule has 1 aromatic heterocycles. The monoisotopic (exact) mass is 511 g/mol. The maximum absolute atomic E-state index is 5.46. The molecule has 158 valence electrons. The standard InChI is InChI=1S/C21H29N5O2.HI/c1-22-21(25(2)16-18-7-4-5-9-19(18)27-3)24-15-17-8-6-10-23-20(17)26-11-13-28-14-12-26;/h4-10H,11-16H2,1-3H3,(H,22,24);1H. The molecule has 1 aliphatic heterocycles. The van der Waals surface area contributed by atoms with Crippen LogP contribution >= 0.6 is 24.0 Å². The summed E-state index contributed by atoms with van der Waals surface area (Å²) in [5.74, 6) is 2.72. The third kappa shape index (κ3) is 6.20. The largest absolute Gasteiger partial charge is 0.496 e. The predicted octanol–water partition coefficient (Wildman–Crippen LogP) is 2.75. The summed E-state index contributed by atoms with van der Waals surface area (Å²) in [6, 6.07) is 12.1. The fraction of sp³-hybridized carbons (Fsp3) is 0.429. The van der Waals surface area contributed by atoms with Gasteiger partial charge in [0.25, 0.3) is 0 Å². The second kappa shape index (κ2) is 11.8. The molecule has 0 radical (unpaired) electrons. The molecule has 0 atom stereocenters. The molecule has 2 aromatic rings. The highest BCUT2D eigenvalue weighted by molar-refractivity contribution is 14.0. The first-order chi connectivity index (χ1) is 13.7. The number of para-hydroxylation sites is 1. The van der Waals surface area contributed by atoms with E-state index < -0.39 is 0 Å². The fourth-order valence-electron chi connectivity index (χ4n) is 3.35. The minimum absolute atomic E-state index is 0. The van der Waals surface area contributed by atoms with E-state index in [1.54, 1.807) is 14.2 Å². The second-order valence-electron chi connectivity index (χ2n) is 6.65. The van der Waals surface area contributed by atoms with E-state index >= 15 is 0 Å². The van der Waals surface area contributed by atoms with Gasteiger partial charge in [0.1, 0.15) is 11.6 Å². The van der Waals surface area contributed by atoms with E-state index in [4.69, 9.17) is 9.47 Å². The predicted molar refractivity (Wildman–Crippen MR) is 127 cm³/mol. The van der Waals surface area contributed by atoms with Crippen LogP contribution in [0, 0.1) is 0 Å². The Morgan fingerprint density at radius 3 is 2.66 bits per heavy atom. The van der Waals surface area contributed by atoms with Gasteiger partial charge in [-0.05, 0) is 12.1 Å². The van der Waals surface area contributed by atoms with E-state index in [1.165, 1.54) is 0 Å². The summed E-state index contributed by atoms with van der Waals surface area (Å²) < 4.78 is 10.9. The molecule has 3 rings (SSSR count).